The van der Waals surface area contributed by atoms with Crippen molar-refractivity contribution < 1.29 is 17.6 Å². The van der Waals surface area contributed by atoms with Crippen LogP contribution in [0.3, 0.4) is 0 Å². The number of halogens is 2. The van der Waals surface area contributed by atoms with Gasteiger partial charge in [0.15, 0.2) is 0 Å². The fourth-order valence-corrected chi connectivity index (χ4v) is 4.02. The maximum absolute atomic E-state index is 13.0. The summed E-state index contributed by atoms with van der Waals surface area (Å²) in [5.74, 6) is -0.668. The fraction of sp³-hybridized carbons (Fsp3) is 0.136. The van der Waals surface area contributed by atoms with Crippen LogP contribution in [0.1, 0.15) is 24.1 Å². The van der Waals surface area contributed by atoms with Crippen molar-refractivity contribution in [2.75, 3.05) is 4.72 Å². The van der Waals surface area contributed by atoms with E-state index in [0.717, 1.165) is 23.3 Å². The molecule has 3 rings (SSSR count). The smallest absolute Gasteiger partial charge is 0.261 e. The van der Waals surface area contributed by atoms with E-state index in [1.54, 1.807) is 36.4 Å². The molecular weight excluding hydrogens is 427 g/mol. The molecule has 5 nitrogen and oxygen atoms in total. The third kappa shape index (κ3) is 5.81. The lowest BCUT2D eigenvalue weighted by atomic mass is 10.1. The van der Waals surface area contributed by atoms with Crippen LogP contribution in [0.5, 0.6) is 0 Å². The number of hydrogen-bond acceptors (Lipinski definition) is 3. The van der Waals surface area contributed by atoms with E-state index in [9.17, 15) is 17.6 Å². The molecule has 1 unspecified atom stereocenters. The van der Waals surface area contributed by atoms with E-state index in [1.165, 1.54) is 12.1 Å². The van der Waals surface area contributed by atoms with Crippen LogP contribution >= 0.6 is 11.6 Å². The van der Waals surface area contributed by atoms with Gasteiger partial charge in [-0.05, 0) is 66.6 Å². The average molecular weight is 447 g/mol. The van der Waals surface area contributed by atoms with Crippen LogP contribution in [0, 0.1) is 5.82 Å². The maximum atomic E-state index is 13.0. The lowest BCUT2D eigenvalue weighted by molar-refractivity contribution is -0.121. The maximum Gasteiger partial charge on any atom is 0.261 e. The number of amides is 1. The summed E-state index contributed by atoms with van der Waals surface area (Å²) in [6, 6.07) is 18.1. The molecule has 0 aliphatic rings. The first-order valence-corrected chi connectivity index (χ1v) is 11.0. The van der Waals surface area contributed by atoms with E-state index in [-0.39, 0.29) is 23.3 Å². The number of benzene rings is 3. The van der Waals surface area contributed by atoms with E-state index in [2.05, 4.69) is 10.0 Å². The Kier molecular flexibility index (Phi) is 6.74. The van der Waals surface area contributed by atoms with Crippen molar-refractivity contribution in [3.63, 3.8) is 0 Å². The minimum absolute atomic E-state index is 0.0384. The fourth-order valence-electron chi connectivity index (χ4n) is 2.83. The predicted octanol–water partition coefficient (Wildman–Crippen LogP) is 4.70. The van der Waals surface area contributed by atoms with Gasteiger partial charge in [-0.15, -0.1) is 0 Å². The van der Waals surface area contributed by atoms with Gasteiger partial charge < -0.3 is 5.32 Å². The van der Waals surface area contributed by atoms with E-state index in [0.29, 0.717) is 10.7 Å². The van der Waals surface area contributed by atoms with Gasteiger partial charge in [-0.25, -0.2) is 12.8 Å². The summed E-state index contributed by atoms with van der Waals surface area (Å²) < 4.78 is 40.1. The second-order valence-electron chi connectivity index (χ2n) is 6.77. The number of rotatable bonds is 7. The molecule has 0 bridgehead atoms. The predicted molar refractivity (Wildman–Crippen MR) is 115 cm³/mol. The molecule has 156 valence electrons. The van der Waals surface area contributed by atoms with Crippen molar-refractivity contribution in [2.24, 2.45) is 0 Å². The number of nitrogens with one attached hydrogen (secondary N) is 2. The highest BCUT2D eigenvalue weighted by molar-refractivity contribution is 7.92. The Bertz CT molecular complexity index is 1120. The van der Waals surface area contributed by atoms with E-state index >= 15 is 0 Å². The van der Waals surface area contributed by atoms with Gasteiger partial charge in [-0.3, -0.25) is 9.52 Å². The number of sulfonamides is 1. The molecule has 3 aromatic carbocycles. The number of anilines is 1. The van der Waals surface area contributed by atoms with Gasteiger partial charge in [0.05, 0.1) is 17.4 Å². The lowest BCUT2D eigenvalue weighted by Crippen LogP contribution is -2.28. The molecule has 0 aromatic heterocycles. The Morgan fingerprint density at radius 3 is 2.17 bits per heavy atom. The van der Waals surface area contributed by atoms with Gasteiger partial charge in [0, 0.05) is 10.7 Å². The van der Waals surface area contributed by atoms with Gasteiger partial charge in [0.1, 0.15) is 5.82 Å². The molecule has 1 amide bonds. The zero-order valence-corrected chi connectivity index (χ0v) is 17.7. The minimum atomic E-state index is -3.82. The average Bonchev–Trinajstić information content (AvgIpc) is 2.70. The molecule has 0 spiro atoms. The van der Waals surface area contributed by atoms with Crippen LogP contribution < -0.4 is 10.0 Å². The standard InChI is InChI=1S/C22H20ClFN2O3S/c1-15(17-4-6-18(23)7-5-17)25-22(27)14-16-2-10-20(11-3-16)26-30(28,29)21-12-8-19(24)9-13-21/h2-13,15,26H,14H2,1H3,(H,25,27). The molecule has 3 aromatic rings. The number of carbonyl (C=O) groups is 1. The monoisotopic (exact) mass is 446 g/mol. The Hall–Kier alpha value is -2.90. The third-order valence-electron chi connectivity index (χ3n) is 4.44. The van der Waals surface area contributed by atoms with Crippen LogP contribution in [-0.4, -0.2) is 14.3 Å². The SMILES string of the molecule is CC(NC(=O)Cc1ccc(NS(=O)(=O)c2ccc(F)cc2)cc1)c1ccc(Cl)cc1. The summed E-state index contributed by atoms with van der Waals surface area (Å²) in [5, 5.41) is 3.55. The second kappa shape index (κ2) is 9.28. The van der Waals surface area contributed by atoms with Crippen molar-refractivity contribution in [2.45, 2.75) is 24.3 Å². The molecule has 0 aliphatic carbocycles. The van der Waals surface area contributed by atoms with Crippen LogP contribution in [0.25, 0.3) is 0 Å². The molecule has 2 N–H and O–H groups in total. The largest absolute Gasteiger partial charge is 0.349 e. The molecular formula is C22H20ClFN2O3S. The Morgan fingerprint density at radius 1 is 0.967 bits per heavy atom. The topological polar surface area (TPSA) is 75.3 Å². The van der Waals surface area contributed by atoms with Crippen molar-refractivity contribution in [3.05, 3.63) is 94.8 Å². The minimum Gasteiger partial charge on any atom is -0.349 e. The molecule has 8 heteroatoms. The normalized spacial score (nSPS) is 12.2. The molecule has 30 heavy (non-hydrogen) atoms. The summed E-state index contributed by atoms with van der Waals surface area (Å²) in [4.78, 5) is 12.3. The van der Waals surface area contributed by atoms with Crippen molar-refractivity contribution in [3.8, 4) is 0 Å². The zero-order chi connectivity index (χ0) is 21.7. The van der Waals surface area contributed by atoms with E-state index in [1.807, 2.05) is 19.1 Å². The highest BCUT2D eigenvalue weighted by atomic mass is 35.5. The van der Waals surface area contributed by atoms with Gasteiger partial charge in [-0.2, -0.15) is 0 Å². The Labute approximate surface area is 179 Å². The van der Waals surface area contributed by atoms with Crippen LogP contribution in [0.4, 0.5) is 10.1 Å². The highest BCUT2D eigenvalue weighted by Crippen LogP contribution is 2.18. The summed E-state index contributed by atoms with van der Waals surface area (Å²) >= 11 is 5.88. The van der Waals surface area contributed by atoms with Crippen LogP contribution in [-0.2, 0) is 21.2 Å². The molecule has 0 aliphatic heterocycles. The van der Waals surface area contributed by atoms with Crippen LogP contribution in [0.2, 0.25) is 5.02 Å². The summed E-state index contributed by atoms with van der Waals surface area (Å²) in [6.07, 6.45) is 0.156. The Balaban J connectivity index is 1.59. The first kappa shape index (κ1) is 21.8. The molecule has 0 saturated carbocycles. The van der Waals surface area contributed by atoms with Crippen LogP contribution in [0.15, 0.2) is 77.7 Å². The first-order valence-electron chi connectivity index (χ1n) is 9.15. The lowest BCUT2D eigenvalue weighted by Gasteiger charge is -2.15. The molecule has 0 heterocycles. The Morgan fingerprint density at radius 2 is 1.57 bits per heavy atom. The number of hydrogen-bond donors (Lipinski definition) is 2. The van der Waals surface area contributed by atoms with E-state index < -0.39 is 15.8 Å². The van der Waals surface area contributed by atoms with E-state index in [4.69, 9.17) is 11.6 Å². The van der Waals surface area contributed by atoms with Crippen molar-refractivity contribution in [1.82, 2.24) is 5.32 Å². The molecule has 0 radical (unpaired) electrons. The van der Waals surface area contributed by atoms with Gasteiger partial charge in [0.2, 0.25) is 5.91 Å². The zero-order valence-electron chi connectivity index (χ0n) is 16.1. The molecule has 0 fully saturated rings. The van der Waals surface area contributed by atoms with Gasteiger partial charge in [0.25, 0.3) is 10.0 Å². The summed E-state index contributed by atoms with van der Waals surface area (Å²) in [5.41, 5.74) is 2.02. The van der Waals surface area contributed by atoms with Crippen molar-refractivity contribution >= 4 is 33.2 Å². The first-order chi connectivity index (χ1) is 14.2. The number of carbonyl (C=O) groups excluding carboxylic acids is 1. The van der Waals surface area contributed by atoms with Gasteiger partial charge in [-0.1, -0.05) is 35.9 Å². The molecule has 0 saturated heterocycles. The highest BCUT2D eigenvalue weighted by Gasteiger charge is 2.15. The summed E-state index contributed by atoms with van der Waals surface area (Å²) in [6.45, 7) is 1.88. The summed E-state index contributed by atoms with van der Waals surface area (Å²) in [7, 11) is -3.82. The van der Waals surface area contributed by atoms with Crippen molar-refractivity contribution in [1.29, 1.82) is 0 Å². The third-order valence-corrected chi connectivity index (χ3v) is 6.09. The quantitative estimate of drug-likeness (QED) is 0.552. The van der Waals surface area contributed by atoms with Gasteiger partial charge >= 0.3 is 0 Å². The second-order valence-corrected chi connectivity index (χ2v) is 8.89. The molecule has 1 atom stereocenters.